The molecule has 18 heavy (non-hydrogen) atoms. The second-order valence-electron chi connectivity index (χ2n) is 3.89. The highest BCUT2D eigenvalue weighted by atomic mass is 32.1. The molecule has 0 saturated carbocycles. The Kier molecular flexibility index (Phi) is 5.07. The Balaban J connectivity index is 2.85. The predicted octanol–water partition coefficient (Wildman–Crippen LogP) is 3.39. The van der Waals surface area contributed by atoms with E-state index in [-0.39, 0.29) is 12.1 Å². The SMILES string of the molecule is CCCN(CC(F)(F)F)C(=O)c1ccc(S)cc1. The van der Waals surface area contributed by atoms with Crippen molar-refractivity contribution in [2.45, 2.75) is 24.4 Å². The number of amides is 1. The van der Waals surface area contributed by atoms with Crippen molar-refractivity contribution in [3.63, 3.8) is 0 Å². The van der Waals surface area contributed by atoms with Crippen molar-refractivity contribution in [3.8, 4) is 0 Å². The van der Waals surface area contributed by atoms with Crippen LogP contribution in [0.15, 0.2) is 29.2 Å². The van der Waals surface area contributed by atoms with Crippen molar-refractivity contribution in [2.24, 2.45) is 0 Å². The highest BCUT2D eigenvalue weighted by Gasteiger charge is 2.32. The van der Waals surface area contributed by atoms with Crippen LogP contribution in [-0.4, -0.2) is 30.1 Å². The van der Waals surface area contributed by atoms with Crippen LogP contribution in [0.5, 0.6) is 0 Å². The first-order valence-electron chi connectivity index (χ1n) is 5.48. The van der Waals surface area contributed by atoms with Crippen LogP contribution in [-0.2, 0) is 0 Å². The first kappa shape index (κ1) is 14.9. The van der Waals surface area contributed by atoms with E-state index in [1.807, 2.05) is 0 Å². The molecule has 2 nitrogen and oxygen atoms in total. The van der Waals surface area contributed by atoms with Gasteiger partial charge in [0.1, 0.15) is 6.54 Å². The van der Waals surface area contributed by atoms with E-state index in [0.29, 0.717) is 11.3 Å². The molecule has 0 bridgehead atoms. The van der Waals surface area contributed by atoms with Crippen LogP contribution in [0.4, 0.5) is 13.2 Å². The first-order valence-corrected chi connectivity index (χ1v) is 5.93. The maximum atomic E-state index is 12.4. The van der Waals surface area contributed by atoms with Crippen molar-refractivity contribution in [1.29, 1.82) is 0 Å². The third-order valence-corrected chi connectivity index (χ3v) is 2.56. The van der Waals surface area contributed by atoms with Gasteiger partial charge in [0, 0.05) is 17.0 Å². The van der Waals surface area contributed by atoms with E-state index in [2.05, 4.69) is 12.6 Å². The van der Waals surface area contributed by atoms with E-state index < -0.39 is 18.6 Å². The standard InChI is InChI=1S/C12H14F3NOS/c1-2-7-16(8-12(13,14)15)11(17)9-3-5-10(18)6-4-9/h3-6,18H,2,7-8H2,1H3. The lowest BCUT2D eigenvalue weighted by molar-refractivity contribution is -0.140. The molecule has 1 rings (SSSR count). The van der Waals surface area contributed by atoms with Gasteiger partial charge in [-0.1, -0.05) is 6.92 Å². The Bertz CT molecular complexity index is 403. The van der Waals surface area contributed by atoms with E-state index >= 15 is 0 Å². The van der Waals surface area contributed by atoms with Gasteiger partial charge in [-0.15, -0.1) is 12.6 Å². The van der Waals surface area contributed by atoms with Crippen molar-refractivity contribution in [3.05, 3.63) is 29.8 Å². The van der Waals surface area contributed by atoms with Crippen molar-refractivity contribution in [2.75, 3.05) is 13.1 Å². The summed E-state index contributed by atoms with van der Waals surface area (Å²) in [6, 6.07) is 6.11. The molecule has 6 heteroatoms. The van der Waals surface area contributed by atoms with Gasteiger partial charge in [0.05, 0.1) is 0 Å². The topological polar surface area (TPSA) is 20.3 Å². The number of carbonyl (C=O) groups excluding carboxylic acids is 1. The van der Waals surface area contributed by atoms with Crippen LogP contribution in [0.2, 0.25) is 0 Å². The number of benzene rings is 1. The average molecular weight is 277 g/mol. The molecule has 0 spiro atoms. The Morgan fingerprint density at radius 3 is 2.28 bits per heavy atom. The molecule has 0 aliphatic heterocycles. The van der Waals surface area contributed by atoms with Gasteiger partial charge in [0.25, 0.3) is 5.91 Å². The number of nitrogens with zero attached hydrogens (tertiary/aromatic N) is 1. The summed E-state index contributed by atoms with van der Waals surface area (Å²) in [5.74, 6) is -0.609. The van der Waals surface area contributed by atoms with Crippen LogP contribution in [0.25, 0.3) is 0 Å². The minimum absolute atomic E-state index is 0.0843. The van der Waals surface area contributed by atoms with E-state index in [0.717, 1.165) is 4.90 Å². The van der Waals surface area contributed by atoms with Gasteiger partial charge < -0.3 is 4.90 Å². The molecule has 1 aromatic carbocycles. The maximum absolute atomic E-state index is 12.4. The average Bonchev–Trinajstić information content (AvgIpc) is 2.27. The number of thiol groups is 1. The minimum atomic E-state index is -4.38. The second kappa shape index (κ2) is 6.13. The number of alkyl halides is 3. The van der Waals surface area contributed by atoms with E-state index in [9.17, 15) is 18.0 Å². The summed E-state index contributed by atoms with van der Waals surface area (Å²) in [4.78, 5) is 13.4. The number of carbonyl (C=O) groups is 1. The van der Waals surface area contributed by atoms with Gasteiger partial charge in [-0.3, -0.25) is 4.79 Å². The lowest BCUT2D eigenvalue weighted by Gasteiger charge is -2.23. The Labute approximate surface area is 109 Å². The quantitative estimate of drug-likeness (QED) is 0.836. The molecule has 0 fully saturated rings. The van der Waals surface area contributed by atoms with Gasteiger partial charge in [0.2, 0.25) is 0 Å². The third kappa shape index (κ3) is 4.60. The van der Waals surface area contributed by atoms with E-state index in [1.54, 1.807) is 19.1 Å². The zero-order chi connectivity index (χ0) is 13.8. The molecule has 0 saturated heterocycles. The molecule has 100 valence electrons. The second-order valence-corrected chi connectivity index (χ2v) is 4.41. The highest BCUT2D eigenvalue weighted by molar-refractivity contribution is 7.80. The van der Waals surface area contributed by atoms with Crippen LogP contribution < -0.4 is 0 Å². The fourth-order valence-corrected chi connectivity index (χ4v) is 1.67. The normalized spacial score (nSPS) is 11.4. The van der Waals surface area contributed by atoms with Gasteiger partial charge in [-0.05, 0) is 30.7 Å². The van der Waals surface area contributed by atoms with Gasteiger partial charge >= 0.3 is 6.18 Å². The third-order valence-electron chi connectivity index (χ3n) is 2.27. The molecular formula is C12H14F3NOS. The first-order chi connectivity index (χ1) is 8.33. The highest BCUT2D eigenvalue weighted by Crippen LogP contribution is 2.19. The molecule has 1 aromatic rings. The molecule has 0 radical (unpaired) electrons. The van der Waals surface area contributed by atoms with Crippen LogP contribution in [0, 0.1) is 0 Å². The van der Waals surface area contributed by atoms with Crippen molar-refractivity contribution >= 4 is 18.5 Å². The van der Waals surface area contributed by atoms with Crippen molar-refractivity contribution < 1.29 is 18.0 Å². The van der Waals surface area contributed by atoms with Gasteiger partial charge in [0.15, 0.2) is 0 Å². The molecule has 0 aromatic heterocycles. The zero-order valence-electron chi connectivity index (χ0n) is 9.87. The van der Waals surface area contributed by atoms with Crippen LogP contribution in [0.1, 0.15) is 23.7 Å². The summed E-state index contributed by atoms with van der Waals surface area (Å²) in [6.45, 7) is 0.594. The summed E-state index contributed by atoms with van der Waals surface area (Å²) in [5.41, 5.74) is 0.241. The van der Waals surface area contributed by atoms with Crippen LogP contribution in [0.3, 0.4) is 0 Å². The molecular weight excluding hydrogens is 263 g/mol. The Morgan fingerprint density at radius 1 is 1.28 bits per heavy atom. The number of halogens is 3. The molecule has 0 unspecified atom stereocenters. The summed E-state index contributed by atoms with van der Waals surface area (Å²) < 4.78 is 37.1. The number of hydrogen-bond donors (Lipinski definition) is 1. The zero-order valence-corrected chi connectivity index (χ0v) is 10.8. The fraction of sp³-hybridized carbons (Fsp3) is 0.417. The predicted molar refractivity (Wildman–Crippen MR) is 65.9 cm³/mol. The summed E-state index contributed by atoms with van der Waals surface area (Å²) in [6.07, 6.45) is -3.90. The lowest BCUT2D eigenvalue weighted by atomic mass is 10.2. The summed E-state index contributed by atoms with van der Waals surface area (Å²) in [7, 11) is 0. The molecule has 0 aliphatic carbocycles. The molecule has 0 atom stereocenters. The monoisotopic (exact) mass is 277 g/mol. The summed E-state index contributed by atoms with van der Waals surface area (Å²) >= 11 is 4.06. The molecule has 1 amide bonds. The van der Waals surface area contributed by atoms with E-state index in [4.69, 9.17) is 0 Å². The Hall–Kier alpha value is -1.17. The number of hydrogen-bond acceptors (Lipinski definition) is 2. The van der Waals surface area contributed by atoms with Crippen LogP contribution >= 0.6 is 12.6 Å². The molecule has 0 heterocycles. The lowest BCUT2D eigenvalue weighted by Crippen LogP contribution is -2.39. The fourth-order valence-electron chi connectivity index (χ4n) is 1.53. The Morgan fingerprint density at radius 2 is 1.83 bits per heavy atom. The van der Waals surface area contributed by atoms with Crippen molar-refractivity contribution in [1.82, 2.24) is 4.90 Å². The van der Waals surface area contributed by atoms with Gasteiger partial charge in [-0.25, -0.2) is 0 Å². The summed E-state index contributed by atoms with van der Waals surface area (Å²) in [5, 5.41) is 0. The maximum Gasteiger partial charge on any atom is 0.406 e. The largest absolute Gasteiger partial charge is 0.406 e. The molecule has 0 aliphatic rings. The molecule has 0 N–H and O–H groups in total. The van der Waals surface area contributed by atoms with E-state index in [1.165, 1.54) is 12.1 Å². The smallest absolute Gasteiger partial charge is 0.330 e. The number of rotatable bonds is 4. The van der Waals surface area contributed by atoms with Gasteiger partial charge in [-0.2, -0.15) is 13.2 Å². The minimum Gasteiger partial charge on any atom is -0.330 e.